The molecule has 4 rings (SSSR count). The van der Waals surface area contributed by atoms with Crippen LogP contribution in [0.2, 0.25) is 0 Å². The topological polar surface area (TPSA) is 69.1 Å². The molecule has 2 aliphatic rings. The molecule has 2 aromatic rings. The van der Waals surface area contributed by atoms with Crippen molar-refractivity contribution in [1.29, 1.82) is 0 Å². The fraction of sp³-hybridized carbons (Fsp3) is 0.522. The number of anilines is 1. The maximum absolute atomic E-state index is 11.5. The van der Waals surface area contributed by atoms with Crippen molar-refractivity contribution in [2.24, 2.45) is 0 Å². The van der Waals surface area contributed by atoms with Gasteiger partial charge in [-0.3, -0.25) is 0 Å². The Morgan fingerprint density at radius 1 is 1.17 bits per heavy atom. The third-order valence-electron chi connectivity index (χ3n) is 6.20. The van der Waals surface area contributed by atoms with Crippen LogP contribution in [0.25, 0.3) is 0 Å². The molecule has 2 aliphatic heterocycles. The molecular weight excluding hydrogens is 366 g/mol. The van der Waals surface area contributed by atoms with E-state index in [1.54, 1.807) is 7.11 Å². The molecule has 3 atom stereocenters. The second-order valence-electron chi connectivity index (χ2n) is 8.45. The van der Waals surface area contributed by atoms with Gasteiger partial charge in [0.1, 0.15) is 17.5 Å². The molecule has 1 aromatic heterocycles. The van der Waals surface area contributed by atoms with Crippen LogP contribution >= 0.6 is 0 Å². The minimum atomic E-state index is -0.887. The van der Waals surface area contributed by atoms with Gasteiger partial charge < -0.3 is 24.7 Å². The Hall–Kier alpha value is -1.99. The average molecular weight is 398 g/mol. The summed E-state index contributed by atoms with van der Waals surface area (Å²) in [6.07, 6.45) is 1.66. The van der Waals surface area contributed by atoms with Gasteiger partial charge in [0.25, 0.3) is 0 Å². The Balaban J connectivity index is 1.69. The van der Waals surface area contributed by atoms with Gasteiger partial charge in [-0.05, 0) is 38.1 Å². The second kappa shape index (κ2) is 8.40. The zero-order valence-electron chi connectivity index (χ0n) is 17.3. The van der Waals surface area contributed by atoms with E-state index >= 15 is 0 Å². The summed E-state index contributed by atoms with van der Waals surface area (Å²) in [5.74, 6) is 0.825. The Morgan fingerprint density at radius 2 is 1.97 bits per heavy atom. The minimum absolute atomic E-state index is 0.203. The van der Waals surface area contributed by atoms with Gasteiger partial charge in [-0.25, -0.2) is 4.98 Å². The molecular formula is C23H31N3O3. The first kappa shape index (κ1) is 20.3. The molecule has 1 unspecified atom stereocenters. The van der Waals surface area contributed by atoms with Crippen molar-refractivity contribution in [3.05, 3.63) is 59.3 Å². The van der Waals surface area contributed by atoms with Crippen molar-refractivity contribution in [3.63, 3.8) is 0 Å². The standard InChI is InChI=1S/C23H31N3O3/c1-25-12-6-11-23(28,16-25)18-9-10-22(26-14-20(27)21(15-26)29-2)24-19(18)13-17-7-4-3-5-8-17/h3-5,7-10,20-21,27-28H,6,11-16H2,1-2H3/t20-,21-,23?/m1/s1. The second-order valence-corrected chi connectivity index (χ2v) is 8.45. The molecule has 29 heavy (non-hydrogen) atoms. The highest BCUT2D eigenvalue weighted by Crippen LogP contribution is 2.35. The van der Waals surface area contributed by atoms with E-state index in [4.69, 9.17) is 9.72 Å². The molecule has 6 nitrogen and oxygen atoms in total. The van der Waals surface area contributed by atoms with Crippen LogP contribution in [-0.2, 0) is 16.8 Å². The van der Waals surface area contributed by atoms with E-state index in [0.717, 1.165) is 36.5 Å². The number of hydrogen-bond acceptors (Lipinski definition) is 6. The van der Waals surface area contributed by atoms with E-state index in [9.17, 15) is 10.2 Å². The van der Waals surface area contributed by atoms with Crippen molar-refractivity contribution in [2.45, 2.75) is 37.1 Å². The van der Waals surface area contributed by atoms with E-state index in [2.05, 4.69) is 29.0 Å². The third kappa shape index (κ3) is 4.31. The maximum atomic E-state index is 11.5. The summed E-state index contributed by atoms with van der Waals surface area (Å²) in [7, 11) is 3.68. The maximum Gasteiger partial charge on any atom is 0.129 e. The van der Waals surface area contributed by atoms with Crippen LogP contribution in [0.3, 0.4) is 0 Å². The van der Waals surface area contributed by atoms with E-state index in [-0.39, 0.29) is 6.10 Å². The highest BCUT2D eigenvalue weighted by Gasteiger charge is 2.37. The van der Waals surface area contributed by atoms with Crippen LogP contribution < -0.4 is 4.90 Å². The van der Waals surface area contributed by atoms with Crippen molar-refractivity contribution >= 4 is 5.82 Å². The lowest BCUT2D eigenvalue weighted by Gasteiger charge is -2.38. The van der Waals surface area contributed by atoms with Crippen LogP contribution in [-0.4, -0.2) is 72.6 Å². The minimum Gasteiger partial charge on any atom is -0.388 e. The SMILES string of the molecule is CO[C@@H]1CN(c2ccc(C3(O)CCCN(C)C3)c(Cc3ccccc3)n2)C[C@H]1O. The molecule has 0 saturated carbocycles. The highest BCUT2D eigenvalue weighted by atomic mass is 16.5. The van der Waals surface area contributed by atoms with Gasteiger partial charge in [-0.1, -0.05) is 36.4 Å². The third-order valence-corrected chi connectivity index (χ3v) is 6.20. The number of pyridine rings is 1. The first-order valence-electron chi connectivity index (χ1n) is 10.4. The summed E-state index contributed by atoms with van der Waals surface area (Å²) in [6.45, 7) is 2.74. The molecule has 2 N–H and O–H groups in total. The number of methoxy groups -OCH3 is 1. The number of β-amino-alcohol motifs (C(OH)–C–C–N with tert-alkyl or cyclic N) is 2. The number of ether oxygens (including phenoxy) is 1. The molecule has 0 amide bonds. The lowest BCUT2D eigenvalue weighted by molar-refractivity contribution is -0.0286. The summed E-state index contributed by atoms with van der Waals surface area (Å²) >= 11 is 0. The fourth-order valence-electron chi connectivity index (χ4n) is 4.65. The lowest BCUT2D eigenvalue weighted by atomic mass is 9.83. The highest BCUT2D eigenvalue weighted by molar-refractivity contribution is 5.46. The number of likely N-dealkylation sites (tertiary alicyclic amines) is 1. The van der Waals surface area contributed by atoms with Crippen LogP contribution in [0.1, 0.15) is 29.7 Å². The largest absolute Gasteiger partial charge is 0.388 e. The van der Waals surface area contributed by atoms with Gasteiger partial charge in [0.2, 0.25) is 0 Å². The molecule has 0 aliphatic carbocycles. The Morgan fingerprint density at radius 3 is 2.66 bits per heavy atom. The van der Waals surface area contributed by atoms with E-state index in [1.165, 1.54) is 5.56 Å². The van der Waals surface area contributed by atoms with Gasteiger partial charge in [0, 0.05) is 38.7 Å². The predicted octanol–water partition coefficient (Wildman–Crippen LogP) is 1.78. The summed E-state index contributed by atoms with van der Waals surface area (Å²) in [5, 5.41) is 21.7. The number of nitrogens with zero attached hydrogens (tertiary/aromatic N) is 3. The number of aliphatic hydroxyl groups is 2. The van der Waals surface area contributed by atoms with Gasteiger partial charge in [-0.2, -0.15) is 0 Å². The van der Waals surface area contributed by atoms with Crippen molar-refractivity contribution in [3.8, 4) is 0 Å². The molecule has 0 bridgehead atoms. The van der Waals surface area contributed by atoms with Gasteiger partial charge in [0.05, 0.1) is 11.8 Å². The summed E-state index contributed by atoms with van der Waals surface area (Å²) in [6, 6.07) is 14.3. The number of benzene rings is 1. The zero-order valence-corrected chi connectivity index (χ0v) is 17.3. The first-order chi connectivity index (χ1) is 14.0. The van der Waals surface area contributed by atoms with Crippen LogP contribution in [0.4, 0.5) is 5.82 Å². The van der Waals surface area contributed by atoms with Gasteiger partial charge in [0.15, 0.2) is 0 Å². The van der Waals surface area contributed by atoms with Crippen molar-refractivity contribution in [2.75, 3.05) is 45.2 Å². The number of aromatic nitrogens is 1. The lowest BCUT2D eigenvalue weighted by Crippen LogP contribution is -2.45. The summed E-state index contributed by atoms with van der Waals surface area (Å²) in [4.78, 5) is 9.23. The molecule has 6 heteroatoms. The van der Waals surface area contributed by atoms with E-state index in [1.807, 2.05) is 30.3 Å². The molecule has 0 radical (unpaired) electrons. The molecule has 156 valence electrons. The fourth-order valence-corrected chi connectivity index (χ4v) is 4.65. The van der Waals surface area contributed by atoms with Gasteiger partial charge in [-0.15, -0.1) is 0 Å². The van der Waals surface area contributed by atoms with E-state index in [0.29, 0.717) is 26.1 Å². The molecule has 2 saturated heterocycles. The van der Waals surface area contributed by atoms with Crippen LogP contribution in [0.15, 0.2) is 42.5 Å². The average Bonchev–Trinajstić information content (AvgIpc) is 3.09. The Bertz CT molecular complexity index is 831. The van der Waals surface area contributed by atoms with Crippen LogP contribution in [0.5, 0.6) is 0 Å². The van der Waals surface area contributed by atoms with E-state index < -0.39 is 11.7 Å². The summed E-state index contributed by atoms with van der Waals surface area (Å²) < 4.78 is 5.38. The van der Waals surface area contributed by atoms with Crippen molar-refractivity contribution < 1.29 is 14.9 Å². The number of piperidine rings is 1. The summed E-state index contributed by atoms with van der Waals surface area (Å²) in [5.41, 5.74) is 2.10. The molecule has 1 aromatic carbocycles. The van der Waals surface area contributed by atoms with Crippen LogP contribution in [0, 0.1) is 0 Å². The zero-order chi connectivity index (χ0) is 20.4. The number of aliphatic hydroxyl groups excluding tert-OH is 1. The molecule has 2 fully saturated rings. The molecule has 3 heterocycles. The first-order valence-corrected chi connectivity index (χ1v) is 10.4. The smallest absolute Gasteiger partial charge is 0.129 e. The predicted molar refractivity (Wildman–Crippen MR) is 113 cm³/mol. The Labute approximate surface area is 172 Å². The normalized spacial score (nSPS) is 28.1. The van der Waals surface area contributed by atoms with Gasteiger partial charge >= 0.3 is 0 Å². The number of likely N-dealkylation sites (N-methyl/N-ethyl adjacent to an activating group) is 1. The number of rotatable bonds is 5. The molecule has 0 spiro atoms. The quantitative estimate of drug-likeness (QED) is 0.802. The number of hydrogen-bond donors (Lipinski definition) is 2. The monoisotopic (exact) mass is 397 g/mol. The Kier molecular flexibility index (Phi) is 5.88. The van der Waals surface area contributed by atoms with Crippen molar-refractivity contribution in [1.82, 2.24) is 9.88 Å².